The van der Waals surface area contributed by atoms with E-state index in [9.17, 15) is 9.59 Å². The molecule has 0 atom stereocenters. The Morgan fingerprint density at radius 1 is 1.16 bits per heavy atom. The Morgan fingerprint density at radius 3 is 2.32 bits per heavy atom. The lowest BCUT2D eigenvalue weighted by Gasteiger charge is -2.39. The van der Waals surface area contributed by atoms with Gasteiger partial charge in [0, 0.05) is 7.05 Å². The molecule has 0 aromatic heterocycles. The molecule has 3 rings (SSSR count). The van der Waals surface area contributed by atoms with Crippen LogP contribution < -0.4 is 5.32 Å². The van der Waals surface area contributed by atoms with Crippen LogP contribution in [0.2, 0.25) is 0 Å². The highest BCUT2D eigenvalue weighted by Gasteiger charge is 2.52. The van der Waals surface area contributed by atoms with Gasteiger partial charge in [0.25, 0.3) is 5.91 Å². The molecule has 1 aromatic carbocycles. The Hall–Kier alpha value is -1.84. The van der Waals surface area contributed by atoms with Crippen molar-refractivity contribution < 1.29 is 9.59 Å². The van der Waals surface area contributed by atoms with Crippen LogP contribution in [0, 0.1) is 0 Å². The van der Waals surface area contributed by atoms with Crippen LogP contribution in [0.3, 0.4) is 0 Å². The van der Waals surface area contributed by atoms with Gasteiger partial charge in [-0.05, 0) is 37.2 Å². The van der Waals surface area contributed by atoms with Crippen molar-refractivity contribution in [1.82, 2.24) is 10.2 Å². The summed E-state index contributed by atoms with van der Waals surface area (Å²) in [7, 11) is 1.73. The van der Waals surface area contributed by atoms with Crippen LogP contribution in [0.15, 0.2) is 30.3 Å². The molecule has 1 aromatic rings. The van der Waals surface area contributed by atoms with Gasteiger partial charge in [-0.15, -0.1) is 0 Å². The number of carbonyl (C=O) groups excluding carboxylic acids is 2. The number of hydrogen-bond acceptors (Lipinski definition) is 2. The molecule has 1 aliphatic heterocycles. The second-order valence-electron chi connectivity index (χ2n) is 5.53. The number of nitrogens with one attached hydrogen (secondary N) is 1. The molecule has 2 aliphatic rings. The normalized spacial score (nSPS) is 30.8. The molecule has 3 amide bonds. The predicted molar refractivity (Wildman–Crippen MR) is 71.7 cm³/mol. The molecule has 1 saturated heterocycles. The minimum Gasteiger partial charge on any atom is -0.313 e. The Labute approximate surface area is 112 Å². The minimum atomic E-state index is -0.595. The largest absolute Gasteiger partial charge is 0.324 e. The number of rotatable bonds is 1. The highest BCUT2D eigenvalue weighted by atomic mass is 16.2. The average Bonchev–Trinajstić information content (AvgIpc) is 2.65. The van der Waals surface area contributed by atoms with Crippen LogP contribution in [-0.2, 0) is 4.79 Å². The Balaban J connectivity index is 1.76. The van der Waals surface area contributed by atoms with Gasteiger partial charge in [-0.1, -0.05) is 30.3 Å². The van der Waals surface area contributed by atoms with Gasteiger partial charge in [0.1, 0.15) is 5.54 Å². The summed E-state index contributed by atoms with van der Waals surface area (Å²) >= 11 is 0. The number of benzene rings is 1. The van der Waals surface area contributed by atoms with E-state index in [4.69, 9.17) is 0 Å². The molecule has 0 radical (unpaired) electrons. The van der Waals surface area contributed by atoms with Crippen LogP contribution in [0.4, 0.5) is 4.79 Å². The number of carbonyl (C=O) groups is 2. The molecular formula is C15H18N2O2. The predicted octanol–water partition coefficient (Wildman–Crippen LogP) is 2.26. The van der Waals surface area contributed by atoms with Crippen LogP contribution in [0.25, 0.3) is 0 Å². The number of urea groups is 1. The number of hydrogen-bond donors (Lipinski definition) is 1. The van der Waals surface area contributed by atoms with Gasteiger partial charge in [-0.25, -0.2) is 4.79 Å². The lowest BCUT2D eigenvalue weighted by Crippen LogP contribution is -2.49. The fourth-order valence-corrected chi connectivity index (χ4v) is 3.36. The molecule has 0 unspecified atom stereocenters. The third kappa shape index (κ3) is 1.82. The van der Waals surface area contributed by atoms with Crippen molar-refractivity contribution in [3.05, 3.63) is 35.9 Å². The van der Waals surface area contributed by atoms with Crippen LogP contribution in [-0.4, -0.2) is 29.4 Å². The molecule has 1 spiro atoms. The molecule has 1 heterocycles. The maximum absolute atomic E-state index is 12.0. The van der Waals surface area contributed by atoms with E-state index in [0.29, 0.717) is 5.92 Å². The van der Waals surface area contributed by atoms with Gasteiger partial charge in [0.2, 0.25) is 0 Å². The highest BCUT2D eigenvalue weighted by Crippen LogP contribution is 2.42. The van der Waals surface area contributed by atoms with E-state index in [1.807, 2.05) is 6.07 Å². The topological polar surface area (TPSA) is 49.4 Å². The quantitative estimate of drug-likeness (QED) is 0.785. The molecule has 2 fully saturated rings. The van der Waals surface area contributed by atoms with Crippen molar-refractivity contribution in [2.75, 3.05) is 7.05 Å². The monoisotopic (exact) mass is 258 g/mol. The summed E-state index contributed by atoms with van der Waals surface area (Å²) in [5, 5.41) is 2.43. The average molecular weight is 258 g/mol. The van der Waals surface area contributed by atoms with Gasteiger partial charge < -0.3 is 4.90 Å². The zero-order chi connectivity index (χ0) is 13.5. The lowest BCUT2D eigenvalue weighted by molar-refractivity contribution is -0.127. The van der Waals surface area contributed by atoms with Gasteiger partial charge >= 0.3 is 6.03 Å². The summed E-state index contributed by atoms with van der Waals surface area (Å²) < 4.78 is 0. The number of imide groups is 1. The first-order valence-corrected chi connectivity index (χ1v) is 6.78. The van der Waals surface area contributed by atoms with Crippen molar-refractivity contribution in [2.45, 2.75) is 37.1 Å². The Kier molecular flexibility index (Phi) is 2.81. The molecule has 4 nitrogen and oxygen atoms in total. The number of nitrogens with zero attached hydrogens (tertiary/aromatic N) is 1. The first-order valence-electron chi connectivity index (χ1n) is 6.78. The number of likely N-dealkylation sites (N-methyl/N-ethyl adjacent to an activating group) is 1. The third-order valence-corrected chi connectivity index (χ3v) is 4.67. The minimum absolute atomic E-state index is 0.119. The first-order chi connectivity index (χ1) is 9.13. The standard InChI is InChI=1S/C15H18N2O2/c1-17-14(19)16-13(18)15(17)9-7-12(8-10-15)11-5-3-2-4-6-11/h2-6,12H,7-10H2,1H3,(H,16,18,19). The summed E-state index contributed by atoms with van der Waals surface area (Å²) in [6.07, 6.45) is 3.41. The molecule has 0 bridgehead atoms. The smallest absolute Gasteiger partial charge is 0.313 e. The van der Waals surface area contributed by atoms with E-state index in [1.54, 1.807) is 11.9 Å². The van der Waals surface area contributed by atoms with Gasteiger partial charge in [0.05, 0.1) is 0 Å². The van der Waals surface area contributed by atoms with Gasteiger partial charge in [0.15, 0.2) is 0 Å². The molecule has 1 N–H and O–H groups in total. The second kappa shape index (κ2) is 4.37. The lowest BCUT2D eigenvalue weighted by atomic mass is 9.73. The molecule has 1 aliphatic carbocycles. The molecule has 100 valence electrons. The third-order valence-electron chi connectivity index (χ3n) is 4.67. The fraction of sp³-hybridized carbons (Fsp3) is 0.467. The molecule has 1 saturated carbocycles. The Morgan fingerprint density at radius 2 is 1.79 bits per heavy atom. The molecule has 4 heteroatoms. The highest BCUT2D eigenvalue weighted by molar-refractivity contribution is 6.06. The molecular weight excluding hydrogens is 240 g/mol. The zero-order valence-corrected chi connectivity index (χ0v) is 11.1. The summed E-state index contributed by atoms with van der Waals surface area (Å²) in [5.74, 6) is 0.384. The van der Waals surface area contributed by atoms with E-state index in [2.05, 4.69) is 29.6 Å². The maximum atomic E-state index is 12.0. The number of amides is 3. The van der Waals surface area contributed by atoms with E-state index < -0.39 is 5.54 Å². The summed E-state index contributed by atoms with van der Waals surface area (Å²) in [5.41, 5.74) is 0.743. The summed E-state index contributed by atoms with van der Waals surface area (Å²) in [4.78, 5) is 25.2. The fourth-order valence-electron chi connectivity index (χ4n) is 3.36. The van der Waals surface area contributed by atoms with Crippen molar-refractivity contribution in [3.63, 3.8) is 0 Å². The van der Waals surface area contributed by atoms with E-state index in [0.717, 1.165) is 25.7 Å². The van der Waals surface area contributed by atoms with Crippen LogP contribution in [0.1, 0.15) is 37.2 Å². The van der Waals surface area contributed by atoms with Gasteiger partial charge in [-0.2, -0.15) is 0 Å². The SMILES string of the molecule is CN1C(=O)NC(=O)C12CCC(c1ccccc1)CC2. The van der Waals surface area contributed by atoms with E-state index >= 15 is 0 Å². The van der Waals surface area contributed by atoms with Crippen molar-refractivity contribution in [2.24, 2.45) is 0 Å². The van der Waals surface area contributed by atoms with E-state index in [-0.39, 0.29) is 11.9 Å². The van der Waals surface area contributed by atoms with Crippen LogP contribution in [0.5, 0.6) is 0 Å². The second-order valence-corrected chi connectivity index (χ2v) is 5.53. The summed E-state index contributed by atoms with van der Waals surface area (Å²) in [6.45, 7) is 0. The van der Waals surface area contributed by atoms with Crippen molar-refractivity contribution >= 4 is 11.9 Å². The van der Waals surface area contributed by atoms with Gasteiger partial charge in [-0.3, -0.25) is 10.1 Å². The van der Waals surface area contributed by atoms with Crippen molar-refractivity contribution in [3.8, 4) is 0 Å². The molecule has 19 heavy (non-hydrogen) atoms. The zero-order valence-electron chi connectivity index (χ0n) is 11.1. The first kappa shape index (κ1) is 12.2. The Bertz CT molecular complexity index is 504. The van der Waals surface area contributed by atoms with Crippen molar-refractivity contribution in [1.29, 1.82) is 0 Å². The maximum Gasteiger partial charge on any atom is 0.324 e. The van der Waals surface area contributed by atoms with E-state index in [1.165, 1.54) is 5.56 Å². The summed E-state index contributed by atoms with van der Waals surface area (Å²) in [6, 6.07) is 10.2. The van der Waals surface area contributed by atoms with Crippen LogP contribution >= 0.6 is 0 Å².